The van der Waals surface area contributed by atoms with Gasteiger partial charge >= 0.3 is 0 Å². The van der Waals surface area contributed by atoms with Crippen molar-refractivity contribution >= 4 is 23.6 Å². The van der Waals surface area contributed by atoms with Crippen molar-refractivity contribution in [1.82, 2.24) is 10.6 Å². The van der Waals surface area contributed by atoms with Crippen molar-refractivity contribution in [2.24, 2.45) is 11.3 Å². The summed E-state index contributed by atoms with van der Waals surface area (Å²) in [6.07, 6.45) is 3.12. The summed E-state index contributed by atoms with van der Waals surface area (Å²) in [5.41, 5.74) is -0.692. The fourth-order valence-electron chi connectivity index (χ4n) is 2.61. The van der Waals surface area contributed by atoms with E-state index in [1.54, 1.807) is 0 Å². The van der Waals surface area contributed by atoms with Gasteiger partial charge in [0.2, 0.25) is 11.8 Å². The molecule has 0 bridgehead atoms. The molecule has 0 spiro atoms. The van der Waals surface area contributed by atoms with E-state index < -0.39 is 10.2 Å². The van der Waals surface area contributed by atoms with Crippen molar-refractivity contribution in [2.45, 2.75) is 64.7 Å². The van der Waals surface area contributed by atoms with E-state index in [0.717, 1.165) is 0 Å². The van der Waals surface area contributed by atoms with E-state index in [1.165, 1.54) is 11.8 Å². The number of hydrogen-bond donors (Lipinski definition) is 3. The van der Waals surface area contributed by atoms with Crippen molar-refractivity contribution in [1.29, 1.82) is 5.26 Å². The zero-order chi connectivity index (χ0) is 19.7. The first-order valence-corrected chi connectivity index (χ1v) is 9.92. The Balaban J connectivity index is 4.99. The molecule has 0 aromatic heterocycles. The Morgan fingerprint density at radius 1 is 1.28 bits per heavy atom. The zero-order valence-electron chi connectivity index (χ0n) is 16.3. The lowest BCUT2D eigenvalue weighted by molar-refractivity contribution is -0.124. The van der Waals surface area contributed by atoms with Crippen LogP contribution in [0.1, 0.15) is 53.9 Å². The Morgan fingerprint density at radius 2 is 1.88 bits per heavy atom. The monoisotopic (exact) mass is 371 g/mol. The van der Waals surface area contributed by atoms with Crippen molar-refractivity contribution in [3.63, 3.8) is 0 Å². The van der Waals surface area contributed by atoms with Crippen LogP contribution in [0.3, 0.4) is 0 Å². The van der Waals surface area contributed by atoms with E-state index in [2.05, 4.69) is 16.7 Å². The Morgan fingerprint density at radius 3 is 2.32 bits per heavy atom. The number of amides is 2. The summed E-state index contributed by atoms with van der Waals surface area (Å²) in [6.45, 7) is 9.58. The van der Waals surface area contributed by atoms with Crippen molar-refractivity contribution < 1.29 is 14.7 Å². The van der Waals surface area contributed by atoms with Gasteiger partial charge in [-0.05, 0) is 52.7 Å². The van der Waals surface area contributed by atoms with E-state index in [1.807, 2.05) is 40.9 Å². The highest BCUT2D eigenvalue weighted by Gasteiger charge is 2.40. The number of thioether (sulfide) groups is 1. The van der Waals surface area contributed by atoms with Gasteiger partial charge in [-0.1, -0.05) is 6.92 Å². The van der Waals surface area contributed by atoms with Crippen molar-refractivity contribution in [3.8, 4) is 6.07 Å². The van der Waals surface area contributed by atoms with Gasteiger partial charge in [0.1, 0.15) is 0 Å². The minimum Gasteiger partial charge on any atom is -0.395 e. The molecule has 144 valence electrons. The Bertz CT molecular complexity index is 492. The number of carbonyl (C=O) groups is 2. The van der Waals surface area contributed by atoms with Gasteiger partial charge in [-0.25, -0.2) is 0 Å². The molecule has 3 N–H and O–H groups in total. The first-order valence-electron chi connectivity index (χ1n) is 8.69. The molecular weight excluding hydrogens is 338 g/mol. The largest absolute Gasteiger partial charge is 0.395 e. The van der Waals surface area contributed by atoms with Crippen LogP contribution in [0.5, 0.6) is 0 Å². The number of nitrogens with one attached hydrogen (secondary N) is 2. The minimum atomic E-state index is -0.692. The molecule has 25 heavy (non-hydrogen) atoms. The maximum atomic E-state index is 12.4. The van der Waals surface area contributed by atoms with Gasteiger partial charge in [0.15, 0.2) is 0 Å². The Kier molecular flexibility index (Phi) is 10.1. The third-order valence-corrected chi connectivity index (χ3v) is 5.94. The second kappa shape index (κ2) is 10.7. The summed E-state index contributed by atoms with van der Waals surface area (Å²) in [5, 5.41) is 24.1. The number of aliphatic hydroxyl groups excluding tert-OH is 1. The molecule has 2 amide bonds. The molecule has 0 saturated heterocycles. The smallest absolute Gasteiger partial charge is 0.236 e. The quantitative estimate of drug-likeness (QED) is 0.516. The van der Waals surface area contributed by atoms with Crippen LogP contribution >= 0.6 is 11.8 Å². The molecule has 0 aliphatic carbocycles. The molecule has 0 radical (unpaired) electrons. The molecule has 3 unspecified atom stereocenters. The standard InChI is InChI=1S/C18H33N3O3S/c1-13(2)21-15(23)7-8-17(4,12-19)14(3)11-18(5,25-6)16(24)20-9-10-22/h13-14,22H,7-11H2,1-6H3,(H,20,24)(H,21,23). The highest BCUT2D eigenvalue weighted by molar-refractivity contribution is 8.00. The molecule has 0 heterocycles. The summed E-state index contributed by atoms with van der Waals surface area (Å²) < 4.78 is -0.688. The fourth-order valence-corrected chi connectivity index (χ4v) is 3.29. The van der Waals surface area contributed by atoms with Gasteiger partial charge in [0.05, 0.1) is 22.8 Å². The average molecular weight is 372 g/mol. The van der Waals surface area contributed by atoms with E-state index in [9.17, 15) is 14.9 Å². The van der Waals surface area contributed by atoms with Crippen LogP contribution in [0.15, 0.2) is 0 Å². The highest BCUT2D eigenvalue weighted by atomic mass is 32.2. The minimum absolute atomic E-state index is 0.0583. The summed E-state index contributed by atoms with van der Waals surface area (Å²) in [6, 6.07) is 2.43. The van der Waals surface area contributed by atoms with Crippen LogP contribution in [0.25, 0.3) is 0 Å². The van der Waals surface area contributed by atoms with E-state index in [-0.39, 0.29) is 36.9 Å². The maximum absolute atomic E-state index is 12.4. The Hall–Kier alpha value is -1.26. The number of nitrogens with zero attached hydrogens (tertiary/aromatic N) is 1. The molecule has 0 aliphatic rings. The van der Waals surface area contributed by atoms with Crippen LogP contribution in [0.2, 0.25) is 0 Å². The van der Waals surface area contributed by atoms with Crippen LogP contribution in [-0.2, 0) is 9.59 Å². The number of aliphatic hydroxyl groups is 1. The second-order valence-electron chi connectivity index (χ2n) is 7.27. The first kappa shape index (κ1) is 23.7. The molecule has 0 saturated carbocycles. The van der Waals surface area contributed by atoms with Gasteiger partial charge in [-0.2, -0.15) is 5.26 Å². The molecular formula is C18H33N3O3S. The van der Waals surface area contributed by atoms with Gasteiger partial charge in [-0.3, -0.25) is 9.59 Å². The molecule has 0 aromatic rings. The van der Waals surface area contributed by atoms with E-state index in [0.29, 0.717) is 19.3 Å². The predicted octanol–water partition coefficient (Wildman–Crippen LogP) is 2.08. The second-order valence-corrected chi connectivity index (χ2v) is 8.58. The summed E-state index contributed by atoms with van der Waals surface area (Å²) >= 11 is 1.44. The van der Waals surface area contributed by atoms with Crippen LogP contribution < -0.4 is 10.6 Å². The molecule has 0 aromatic carbocycles. The number of hydrogen-bond acceptors (Lipinski definition) is 5. The molecule has 0 fully saturated rings. The molecule has 0 rings (SSSR count). The SMILES string of the molecule is CSC(C)(CC(C)C(C)(C#N)CCC(=O)NC(C)C)C(=O)NCCO. The molecule has 7 heteroatoms. The lowest BCUT2D eigenvalue weighted by Crippen LogP contribution is -2.45. The topological polar surface area (TPSA) is 102 Å². The van der Waals surface area contributed by atoms with Gasteiger partial charge in [-0.15, -0.1) is 11.8 Å². The molecule has 3 atom stereocenters. The summed E-state index contributed by atoms with van der Waals surface area (Å²) in [7, 11) is 0. The van der Waals surface area contributed by atoms with E-state index >= 15 is 0 Å². The van der Waals surface area contributed by atoms with E-state index in [4.69, 9.17) is 5.11 Å². The predicted molar refractivity (Wildman–Crippen MR) is 102 cm³/mol. The maximum Gasteiger partial charge on any atom is 0.236 e. The third-order valence-electron chi connectivity index (χ3n) is 4.69. The average Bonchev–Trinajstić information content (AvgIpc) is 2.56. The van der Waals surface area contributed by atoms with Crippen LogP contribution in [0.4, 0.5) is 0 Å². The number of rotatable bonds is 11. The van der Waals surface area contributed by atoms with Gasteiger partial charge in [0, 0.05) is 19.0 Å². The third kappa shape index (κ3) is 7.66. The summed E-state index contributed by atoms with van der Waals surface area (Å²) in [5.74, 6) is -0.266. The number of nitriles is 1. The molecule has 0 aliphatic heterocycles. The number of carbonyl (C=O) groups excluding carboxylic acids is 2. The summed E-state index contributed by atoms with van der Waals surface area (Å²) in [4.78, 5) is 24.3. The van der Waals surface area contributed by atoms with Crippen molar-refractivity contribution in [2.75, 3.05) is 19.4 Å². The normalized spacial score (nSPS) is 17.1. The van der Waals surface area contributed by atoms with Crippen LogP contribution in [-0.4, -0.2) is 47.1 Å². The lowest BCUT2D eigenvalue weighted by atomic mass is 9.72. The first-order chi connectivity index (χ1) is 11.5. The highest BCUT2D eigenvalue weighted by Crippen LogP contribution is 2.40. The Labute approximate surface area is 156 Å². The van der Waals surface area contributed by atoms with Crippen molar-refractivity contribution in [3.05, 3.63) is 0 Å². The van der Waals surface area contributed by atoms with Gasteiger partial charge in [0.25, 0.3) is 0 Å². The van der Waals surface area contributed by atoms with Crippen LogP contribution in [0, 0.1) is 22.7 Å². The lowest BCUT2D eigenvalue weighted by Gasteiger charge is -2.35. The van der Waals surface area contributed by atoms with Gasteiger partial charge < -0.3 is 15.7 Å². The molecule has 6 nitrogen and oxygen atoms in total. The zero-order valence-corrected chi connectivity index (χ0v) is 17.1. The fraction of sp³-hybridized carbons (Fsp3) is 0.833.